The summed E-state index contributed by atoms with van der Waals surface area (Å²) in [6.07, 6.45) is 1.66. The Kier molecular flexibility index (Phi) is 8.71. The van der Waals surface area contributed by atoms with E-state index in [0.29, 0.717) is 34.8 Å². The number of rotatable bonds is 9. The Morgan fingerprint density at radius 3 is 2.44 bits per heavy atom. The van der Waals surface area contributed by atoms with Crippen molar-refractivity contribution >= 4 is 40.8 Å². The molecule has 6 nitrogen and oxygen atoms in total. The summed E-state index contributed by atoms with van der Waals surface area (Å²) in [5, 5.41) is 8.31. The molecule has 0 amide bonds. The van der Waals surface area contributed by atoms with Crippen LogP contribution in [0.3, 0.4) is 0 Å². The SMILES string of the molecule is CCOc1cc(/C=N\NC(=S)Nc2ccc(OC)cc2)ccc1OCc1ccc(Cl)cc1. The molecule has 2 N–H and O–H groups in total. The van der Waals surface area contributed by atoms with Gasteiger partial charge in [0, 0.05) is 10.7 Å². The highest BCUT2D eigenvalue weighted by Gasteiger charge is 2.07. The van der Waals surface area contributed by atoms with Gasteiger partial charge < -0.3 is 19.5 Å². The summed E-state index contributed by atoms with van der Waals surface area (Å²) in [6, 6.07) is 20.6. The minimum Gasteiger partial charge on any atom is -0.497 e. The first-order valence-electron chi connectivity index (χ1n) is 9.95. The van der Waals surface area contributed by atoms with Gasteiger partial charge in [0.05, 0.1) is 19.9 Å². The van der Waals surface area contributed by atoms with Crippen LogP contribution in [0, 0.1) is 0 Å². The Hall–Kier alpha value is -3.29. The highest BCUT2D eigenvalue weighted by atomic mass is 35.5. The van der Waals surface area contributed by atoms with Crippen LogP contribution in [0.4, 0.5) is 5.69 Å². The number of anilines is 1. The number of benzene rings is 3. The van der Waals surface area contributed by atoms with Crippen molar-refractivity contribution in [2.24, 2.45) is 5.10 Å². The van der Waals surface area contributed by atoms with Crippen molar-refractivity contribution in [2.45, 2.75) is 13.5 Å². The molecule has 0 saturated carbocycles. The summed E-state index contributed by atoms with van der Waals surface area (Å²) < 4.78 is 16.8. The third-order valence-corrected chi connectivity index (χ3v) is 4.75. The van der Waals surface area contributed by atoms with Crippen molar-refractivity contribution < 1.29 is 14.2 Å². The van der Waals surface area contributed by atoms with Crippen LogP contribution in [0.1, 0.15) is 18.1 Å². The van der Waals surface area contributed by atoms with Crippen molar-refractivity contribution in [3.8, 4) is 17.2 Å². The van der Waals surface area contributed by atoms with E-state index < -0.39 is 0 Å². The number of hydrazone groups is 1. The van der Waals surface area contributed by atoms with Gasteiger partial charge in [0.25, 0.3) is 0 Å². The lowest BCUT2D eigenvalue weighted by Crippen LogP contribution is -2.23. The number of thiocarbonyl (C=S) groups is 1. The molecule has 0 saturated heterocycles. The van der Waals surface area contributed by atoms with E-state index in [1.807, 2.05) is 73.7 Å². The number of ether oxygens (including phenoxy) is 3. The zero-order chi connectivity index (χ0) is 22.8. The van der Waals surface area contributed by atoms with E-state index in [0.717, 1.165) is 22.6 Å². The van der Waals surface area contributed by atoms with Crippen molar-refractivity contribution in [3.63, 3.8) is 0 Å². The molecule has 166 valence electrons. The van der Waals surface area contributed by atoms with E-state index in [1.165, 1.54) is 0 Å². The summed E-state index contributed by atoms with van der Waals surface area (Å²) in [5.74, 6) is 2.08. The molecule has 3 aromatic carbocycles. The third-order valence-electron chi connectivity index (χ3n) is 4.30. The lowest BCUT2D eigenvalue weighted by Gasteiger charge is -2.13. The zero-order valence-corrected chi connectivity index (χ0v) is 19.4. The fraction of sp³-hybridized carbons (Fsp3) is 0.167. The van der Waals surface area contributed by atoms with Crippen LogP contribution in [0.25, 0.3) is 0 Å². The van der Waals surface area contributed by atoms with Gasteiger partial charge in [-0.05, 0) is 84.9 Å². The summed E-state index contributed by atoms with van der Waals surface area (Å²) in [5.41, 5.74) is 5.49. The maximum absolute atomic E-state index is 5.93. The molecule has 0 unspecified atom stereocenters. The van der Waals surface area contributed by atoms with Gasteiger partial charge >= 0.3 is 0 Å². The quantitative estimate of drug-likeness (QED) is 0.240. The van der Waals surface area contributed by atoms with E-state index in [-0.39, 0.29) is 0 Å². The number of methoxy groups -OCH3 is 1. The van der Waals surface area contributed by atoms with Crippen LogP contribution in [-0.4, -0.2) is 25.0 Å². The van der Waals surface area contributed by atoms with Gasteiger partial charge in [-0.1, -0.05) is 23.7 Å². The Morgan fingerprint density at radius 1 is 1.00 bits per heavy atom. The average Bonchev–Trinajstić information content (AvgIpc) is 2.80. The van der Waals surface area contributed by atoms with Gasteiger partial charge in [-0.3, -0.25) is 5.43 Å². The molecule has 0 spiro atoms. The van der Waals surface area contributed by atoms with E-state index in [2.05, 4.69) is 15.8 Å². The summed E-state index contributed by atoms with van der Waals surface area (Å²) >= 11 is 11.2. The van der Waals surface area contributed by atoms with Crippen molar-refractivity contribution in [1.82, 2.24) is 5.43 Å². The molecule has 8 heteroatoms. The number of nitrogens with zero attached hydrogens (tertiary/aromatic N) is 1. The van der Waals surface area contributed by atoms with Crippen molar-refractivity contribution in [3.05, 3.63) is 82.9 Å². The first-order valence-corrected chi connectivity index (χ1v) is 10.7. The fourth-order valence-corrected chi connectivity index (χ4v) is 3.03. The van der Waals surface area contributed by atoms with Gasteiger partial charge in [0.1, 0.15) is 12.4 Å². The minimum absolute atomic E-state index is 0.374. The largest absolute Gasteiger partial charge is 0.497 e. The second kappa shape index (κ2) is 11.9. The molecule has 0 bridgehead atoms. The Bertz CT molecular complexity index is 1060. The van der Waals surface area contributed by atoms with Crippen molar-refractivity contribution in [1.29, 1.82) is 0 Å². The molecular weight excluding hydrogens is 446 g/mol. The fourth-order valence-electron chi connectivity index (χ4n) is 2.73. The van der Waals surface area contributed by atoms with Gasteiger partial charge in [-0.2, -0.15) is 5.10 Å². The van der Waals surface area contributed by atoms with E-state index in [4.69, 9.17) is 38.0 Å². The van der Waals surface area contributed by atoms with E-state index in [1.54, 1.807) is 13.3 Å². The number of hydrogen-bond donors (Lipinski definition) is 2. The van der Waals surface area contributed by atoms with Crippen LogP contribution < -0.4 is 25.0 Å². The Morgan fingerprint density at radius 2 is 1.75 bits per heavy atom. The van der Waals surface area contributed by atoms with Crippen LogP contribution in [0.5, 0.6) is 17.2 Å². The predicted molar refractivity (Wildman–Crippen MR) is 133 cm³/mol. The number of halogens is 1. The summed E-state index contributed by atoms with van der Waals surface area (Å²) in [7, 11) is 1.62. The predicted octanol–water partition coefficient (Wildman–Crippen LogP) is 5.65. The monoisotopic (exact) mass is 469 g/mol. The second-order valence-corrected chi connectivity index (χ2v) is 7.45. The van der Waals surface area contributed by atoms with Crippen molar-refractivity contribution in [2.75, 3.05) is 19.0 Å². The van der Waals surface area contributed by atoms with Crippen LogP contribution >= 0.6 is 23.8 Å². The maximum atomic E-state index is 5.93. The van der Waals surface area contributed by atoms with Crippen LogP contribution in [0.2, 0.25) is 5.02 Å². The minimum atomic E-state index is 0.374. The van der Waals surface area contributed by atoms with Crippen LogP contribution in [0.15, 0.2) is 71.8 Å². The molecule has 0 aliphatic carbocycles. The standard InChI is InChI=1S/C24H24ClN3O3S/c1-3-30-23-14-18(6-13-22(23)31-16-17-4-7-19(25)8-5-17)15-26-28-24(32)27-20-9-11-21(29-2)12-10-20/h4-15H,3,16H2,1-2H3,(H2,27,28,32)/b26-15-. The third kappa shape index (κ3) is 7.14. The molecule has 0 aliphatic heterocycles. The normalized spacial score (nSPS) is 10.6. The molecular formula is C24H24ClN3O3S. The average molecular weight is 470 g/mol. The summed E-state index contributed by atoms with van der Waals surface area (Å²) in [4.78, 5) is 0. The van der Waals surface area contributed by atoms with Crippen LogP contribution in [-0.2, 0) is 6.61 Å². The molecule has 3 rings (SSSR count). The molecule has 32 heavy (non-hydrogen) atoms. The summed E-state index contributed by atoms with van der Waals surface area (Å²) in [6.45, 7) is 2.86. The Balaban J connectivity index is 1.57. The molecule has 0 heterocycles. The molecule has 3 aromatic rings. The maximum Gasteiger partial charge on any atom is 0.191 e. The topological polar surface area (TPSA) is 64.1 Å². The lowest BCUT2D eigenvalue weighted by molar-refractivity contribution is 0.269. The first-order chi connectivity index (χ1) is 15.6. The molecule has 0 fully saturated rings. The highest BCUT2D eigenvalue weighted by Crippen LogP contribution is 2.29. The first kappa shape index (κ1) is 23.4. The Labute approximate surface area is 198 Å². The second-order valence-electron chi connectivity index (χ2n) is 6.61. The van der Waals surface area contributed by atoms with Gasteiger partial charge in [-0.15, -0.1) is 0 Å². The van der Waals surface area contributed by atoms with Gasteiger partial charge in [-0.25, -0.2) is 0 Å². The van der Waals surface area contributed by atoms with Gasteiger partial charge in [0.2, 0.25) is 0 Å². The van der Waals surface area contributed by atoms with E-state index >= 15 is 0 Å². The molecule has 0 atom stereocenters. The smallest absolute Gasteiger partial charge is 0.191 e. The number of nitrogens with one attached hydrogen (secondary N) is 2. The number of hydrogen-bond acceptors (Lipinski definition) is 5. The highest BCUT2D eigenvalue weighted by molar-refractivity contribution is 7.80. The van der Waals surface area contributed by atoms with E-state index in [9.17, 15) is 0 Å². The molecule has 0 aromatic heterocycles. The zero-order valence-electron chi connectivity index (χ0n) is 17.8. The molecule has 0 aliphatic rings. The molecule has 0 radical (unpaired) electrons. The van der Waals surface area contributed by atoms with Gasteiger partial charge in [0.15, 0.2) is 16.6 Å². The lowest BCUT2D eigenvalue weighted by atomic mass is 10.2.